The van der Waals surface area contributed by atoms with E-state index in [0.29, 0.717) is 22.6 Å². The van der Waals surface area contributed by atoms with Gasteiger partial charge in [-0.1, -0.05) is 0 Å². The lowest BCUT2D eigenvalue weighted by Gasteiger charge is -2.15. The molecule has 0 unspecified atom stereocenters. The van der Waals surface area contributed by atoms with Crippen molar-refractivity contribution in [2.45, 2.75) is 38.9 Å². The van der Waals surface area contributed by atoms with Gasteiger partial charge in [-0.15, -0.1) is 0 Å². The van der Waals surface area contributed by atoms with E-state index in [1.54, 1.807) is 48.5 Å². The van der Waals surface area contributed by atoms with Gasteiger partial charge < -0.3 is 43.4 Å². The second-order valence-electron chi connectivity index (χ2n) is 10.7. The maximum Gasteiger partial charge on any atom is 0.332 e. The lowest BCUT2D eigenvalue weighted by Crippen LogP contribution is -2.31. The van der Waals surface area contributed by atoms with Crippen LogP contribution >= 0.6 is 0 Å². The summed E-state index contributed by atoms with van der Waals surface area (Å²) in [6.07, 6.45) is 0. The summed E-state index contributed by atoms with van der Waals surface area (Å²) in [5.74, 6) is -0.945. The highest BCUT2D eigenvalue weighted by molar-refractivity contribution is 6.02. The molecule has 0 amide bonds. The number of carbonyl (C=O) groups is 4. The van der Waals surface area contributed by atoms with Gasteiger partial charge in [0.25, 0.3) is 0 Å². The average molecular weight is 635 g/mol. The summed E-state index contributed by atoms with van der Waals surface area (Å²) in [4.78, 5) is 47.5. The first-order valence-corrected chi connectivity index (χ1v) is 14.3. The molecule has 2 rings (SSSR count). The summed E-state index contributed by atoms with van der Waals surface area (Å²) in [5.41, 5.74) is -2.20. The minimum Gasteiger partial charge on any atom is -0.490 e. The van der Waals surface area contributed by atoms with Crippen LogP contribution in [-0.4, -0.2) is 111 Å². The van der Waals surface area contributed by atoms with Gasteiger partial charge in [-0.25, -0.2) is 9.59 Å². The van der Waals surface area contributed by atoms with E-state index in [2.05, 4.69) is 0 Å². The fourth-order valence-corrected chi connectivity index (χ4v) is 3.47. The molecular formula is C32H42O13. The van der Waals surface area contributed by atoms with Crippen LogP contribution in [0.15, 0.2) is 48.5 Å². The minimum atomic E-state index is -1.46. The van der Waals surface area contributed by atoms with Crippen LogP contribution in [0.25, 0.3) is 0 Å². The molecule has 13 heteroatoms. The Bertz CT molecular complexity index is 1110. The smallest absolute Gasteiger partial charge is 0.332 e. The summed E-state index contributed by atoms with van der Waals surface area (Å²) in [6.45, 7) is 6.14. The third kappa shape index (κ3) is 15.1. The van der Waals surface area contributed by atoms with Crippen LogP contribution in [0.4, 0.5) is 0 Å². The number of ether oxygens (including phenoxy) is 7. The Hall–Kier alpha value is -3.88. The number of benzene rings is 2. The first-order chi connectivity index (χ1) is 21.3. The Morgan fingerprint density at radius 2 is 0.844 bits per heavy atom. The number of aliphatic hydroxyl groups is 2. The highest BCUT2D eigenvalue weighted by atomic mass is 16.6. The van der Waals surface area contributed by atoms with E-state index in [1.165, 1.54) is 27.7 Å². The number of ketones is 2. The molecule has 0 aliphatic carbocycles. The Morgan fingerprint density at radius 1 is 0.511 bits per heavy atom. The molecule has 2 aromatic rings. The van der Waals surface area contributed by atoms with Crippen LogP contribution in [0.3, 0.4) is 0 Å². The van der Waals surface area contributed by atoms with Crippen molar-refractivity contribution in [3.05, 3.63) is 59.7 Å². The van der Waals surface area contributed by atoms with Crippen LogP contribution in [0.2, 0.25) is 0 Å². The topological polar surface area (TPSA) is 173 Å². The first kappa shape index (κ1) is 37.3. The van der Waals surface area contributed by atoms with Gasteiger partial charge in [0.2, 0.25) is 0 Å². The molecule has 0 saturated carbocycles. The molecule has 2 N–H and O–H groups in total. The fraction of sp³-hybridized carbons (Fsp3) is 0.500. The van der Waals surface area contributed by atoms with Crippen molar-refractivity contribution in [3.63, 3.8) is 0 Å². The van der Waals surface area contributed by atoms with Crippen molar-refractivity contribution < 1.29 is 62.5 Å². The van der Waals surface area contributed by atoms with Gasteiger partial charge in [0.05, 0.1) is 26.4 Å². The SMILES string of the molecule is CC(C)(O)C(=O)c1ccc(OCCOC(=O)COCCOCCOCC(=O)OCCOc2ccc(C(=O)C(C)(C)O)cc2)cc1. The normalized spacial score (nSPS) is 11.5. The van der Waals surface area contributed by atoms with Crippen LogP contribution in [-0.2, 0) is 33.3 Å². The molecule has 0 radical (unpaired) electrons. The molecule has 0 heterocycles. The second kappa shape index (κ2) is 18.8. The summed E-state index contributed by atoms with van der Waals surface area (Å²) < 4.78 is 36.7. The maximum absolute atomic E-state index is 12.0. The monoisotopic (exact) mass is 634 g/mol. The Morgan fingerprint density at radius 3 is 1.18 bits per heavy atom. The van der Waals surface area contributed by atoms with Crippen molar-refractivity contribution in [3.8, 4) is 11.5 Å². The van der Waals surface area contributed by atoms with Crippen molar-refractivity contribution >= 4 is 23.5 Å². The molecule has 0 saturated heterocycles. The Kier molecular flexibility index (Phi) is 15.6. The van der Waals surface area contributed by atoms with E-state index in [9.17, 15) is 29.4 Å². The third-order valence-corrected chi connectivity index (χ3v) is 5.76. The Balaban J connectivity index is 1.40. The first-order valence-electron chi connectivity index (χ1n) is 14.3. The fourth-order valence-electron chi connectivity index (χ4n) is 3.47. The van der Waals surface area contributed by atoms with Gasteiger partial charge in [0.1, 0.15) is 62.3 Å². The van der Waals surface area contributed by atoms with Gasteiger partial charge in [0, 0.05) is 11.1 Å². The maximum atomic E-state index is 12.0. The number of Topliss-reactive ketones (excluding diaryl/α,β-unsaturated/α-hetero) is 2. The van der Waals surface area contributed by atoms with Gasteiger partial charge in [-0.2, -0.15) is 0 Å². The summed E-state index contributed by atoms with van der Waals surface area (Å²) >= 11 is 0. The molecule has 0 bridgehead atoms. The molecule has 2 aromatic carbocycles. The zero-order valence-electron chi connectivity index (χ0n) is 26.1. The van der Waals surface area contributed by atoms with Gasteiger partial charge in [-0.3, -0.25) is 9.59 Å². The molecule has 45 heavy (non-hydrogen) atoms. The van der Waals surface area contributed by atoms with E-state index >= 15 is 0 Å². The van der Waals surface area contributed by atoms with Crippen LogP contribution < -0.4 is 9.47 Å². The molecule has 0 spiro atoms. The van der Waals surface area contributed by atoms with Crippen molar-refractivity contribution in [2.24, 2.45) is 0 Å². The molecule has 0 aromatic heterocycles. The van der Waals surface area contributed by atoms with Crippen LogP contribution in [0, 0.1) is 0 Å². The highest BCUT2D eigenvalue weighted by Gasteiger charge is 2.25. The highest BCUT2D eigenvalue weighted by Crippen LogP contribution is 2.18. The lowest BCUT2D eigenvalue weighted by molar-refractivity contribution is -0.150. The summed E-state index contributed by atoms with van der Waals surface area (Å²) in [6, 6.07) is 12.6. The second-order valence-corrected chi connectivity index (χ2v) is 10.7. The van der Waals surface area contributed by atoms with Crippen molar-refractivity contribution in [2.75, 3.05) is 66.1 Å². The van der Waals surface area contributed by atoms with Crippen molar-refractivity contribution in [1.29, 1.82) is 0 Å². The minimum absolute atomic E-state index is 0.0116. The van der Waals surface area contributed by atoms with Crippen molar-refractivity contribution in [1.82, 2.24) is 0 Å². The number of hydrogen-bond donors (Lipinski definition) is 2. The van der Waals surface area contributed by atoms with Gasteiger partial charge >= 0.3 is 11.9 Å². The average Bonchev–Trinajstić information content (AvgIpc) is 2.99. The number of hydrogen-bond acceptors (Lipinski definition) is 13. The molecule has 0 atom stereocenters. The van der Waals surface area contributed by atoms with Gasteiger partial charge in [-0.05, 0) is 76.2 Å². The number of carbonyl (C=O) groups excluding carboxylic acids is 4. The van der Waals surface area contributed by atoms with Crippen LogP contribution in [0.1, 0.15) is 48.4 Å². The third-order valence-electron chi connectivity index (χ3n) is 5.76. The predicted octanol–water partition coefficient (Wildman–Crippen LogP) is 2.19. The quantitative estimate of drug-likeness (QED) is 0.110. The van der Waals surface area contributed by atoms with E-state index in [-0.39, 0.29) is 66.1 Å². The zero-order chi connectivity index (χ0) is 33.3. The van der Waals surface area contributed by atoms with E-state index in [4.69, 9.17) is 33.2 Å². The molecule has 13 nitrogen and oxygen atoms in total. The van der Waals surface area contributed by atoms with E-state index in [1.807, 2.05) is 0 Å². The summed E-state index contributed by atoms with van der Waals surface area (Å²) in [5, 5.41) is 19.6. The molecule has 0 fully saturated rings. The standard InChI is InChI=1S/C32H42O13/c1-31(2,37)29(35)23-5-9-25(10-6-23)42-17-19-44-27(33)21-40-15-13-39-14-16-41-22-28(34)45-20-18-43-26-11-7-24(8-12-26)30(36)32(3,4)38/h5-12,37-38H,13-22H2,1-4H3. The lowest BCUT2D eigenvalue weighted by atomic mass is 9.97. The molecular weight excluding hydrogens is 592 g/mol. The molecule has 248 valence electrons. The molecule has 0 aliphatic rings. The number of rotatable bonds is 22. The van der Waals surface area contributed by atoms with Gasteiger partial charge in [0.15, 0.2) is 11.6 Å². The van der Waals surface area contributed by atoms with E-state index in [0.717, 1.165) is 0 Å². The molecule has 0 aliphatic heterocycles. The van der Waals surface area contributed by atoms with Crippen LogP contribution in [0.5, 0.6) is 11.5 Å². The summed E-state index contributed by atoms with van der Waals surface area (Å²) in [7, 11) is 0. The predicted molar refractivity (Wildman–Crippen MR) is 160 cm³/mol. The van der Waals surface area contributed by atoms with E-state index < -0.39 is 34.7 Å². The largest absolute Gasteiger partial charge is 0.490 e. The number of esters is 2. The Labute approximate surface area is 262 Å². The zero-order valence-corrected chi connectivity index (χ0v) is 26.1.